The Bertz CT molecular complexity index is 1190. The van der Waals surface area contributed by atoms with Crippen LogP contribution in [0.15, 0.2) is 35.2 Å². The second-order valence-electron chi connectivity index (χ2n) is 8.66. The zero-order valence-electron chi connectivity index (χ0n) is 17.3. The lowest BCUT2D eigenvalue weighted by atomic mass is 9.74. The number of hydrogen-bond donors (Lipinski definition) is 3. The minimum Gasteiger partial charge on any atom is -0.388 e. The summed E-state index contributed by atoms with van der Waals surface area (Å²) in [6, 6.07) is 4.85. The first-order chi connectivity index (χ1) is 15.5. The predicted molar refractivity (Wildman–Crippen MR) is 116 cm³/mol. The summed E-state index contributed by atoms with van der Waals surface area (Å²) in [5.74, 6) is -5.96. The van der Waals surface area contributed by atoms with Crippen LogP contribution in [0.4, 0.5) is 18.9 Å². The molecule has 2 aromatic rings. The van der Waals surface area contributed by atoms with E-state index in [9.17, 15) is 31.5 Å². The molecule has 0 spiro atoms. The number of rotatable bonds is 5. The fourth-order valence-corrected chi connectivity index (χ4v) is 7.47. The maximum Gasteiger partial charge on any atom is 0.255 e. The first-order valence-corrected chi connectivity index (χ1v) is 12.3. The highest BCUT2D eigenvalue weighted by Gasteiger charge is 2.55. The van der Waals surface area contributed by atoms with Gasteiger partial charge in [-0.3, -0.25) is 4.79 Å². The Morgan fingerprint density at radius 2 is 1.70 bits per heavy atom. The lowest BCUT2D eigenvalue weighted by Gasteiger charge is -2.41. The van der Waals surface area contributed by atoms with E-state index in [1.54, 1.807) is 0 Å². The van der Waals surface area contributed by atoms with Crippen LogP contribution in [0, 0.1) is 29.3 Å². The maximum atomic E-state index is 13.4. The molecule has 1 amide bonds. The fourth-order valence-electron chi connectivity index (χ4n) is 5.07. The lowest BCUT2D eigenvalue weighted by Crippen LogP contribution is -2.52. The number of amides is 1. The summed E-state index contributed by atoms with van der Waals surface area (Å²) in [4.78, 5) is 12.4. The summed E-state index contributed by atoms with van der Waals surface area (Å²) in [5, 5.41) is 12.2. The van der Waals surface area contributed by atoms with Gasteiger partial charge < -0.3 is 16.2 Å². The van der Waals surface area contributed by atoms with Gasteiger partial charge in [-0.1, -0.05) is 11.6 Å². The van der Waals surface area contributed by atoms with Crippen molar-refractivity contribution in [1.29, 1.82) is 0 Å². The maximum absolute atomic E-state index is 13.4. The van der Waals surface area contributed by atoms with Crippen molar-refractivity contribution in [3.8, 4) is 0 Å². The standard InChI is InChI=1S/C22H22ClF3N2O4S/c23-16-4-1-11(21(29)28-14-8-17(24)20(26)18(25)9-14)5-19(16)33(31,32)15-6-12-2-3-13(7-15)22(12,30)10-27/h1,4-5,8-9,12-13,15,30H,2-3,6-7,10,27H2,(H,28,29)/t12-,13?,15?,22?/m0/s1. The molecule has 4 rings (SSSR count). The molecule has 33 heavy (non-hydrogen) atoms. The number of nitrogens with two attached hydrogens (primary N) is 1. The minimum absolute atomic E-state index is 0.0656. The molecule has 2 aliphatic carbocycles. The Morgan fingerprint density at radius 1 is 1.12 bits per heavy atom. The monoisotopic (exact) mass is 502 g/mol. The van der Waals surface area contributed by atoms with E-state index < -0.39 is 44.0 Å². The quantitative estimate of drug-likeness (QED) is 0.541. The van der Waals surface area contributed by atoms with Crippen LogP contribution in [0.25, 0.3) is 0 Å². The number of benzene rings is 2. The second-order valence-corrected chi connectivity index (χ2v) is 11.3. The van der Waals surface area contributed by atoms with Gasteiger partial charge in [0.15, 0.2) is 27.3 Å². The van der Waals surface area contributed by atoms with E-state index in [1.165, 1.54) is 12.1 Å². The van der Waals surface area contributed by atoms with Crippen molar-refractivity contribution >= 4 is 33.0 Å². The third-order valence-electron chi connectivity index (χ3n) is 6.88. The van der Waals surface area contributed by atoms with Gasteiger partial charge in [0.1, 0.15) is 0 Å². The van der Waals surface area contributed by atoms with Gasteiger partial charge in [0, 0.05) is 29.9 Å². The Balaban J connectivity index is 1.60. The van der Waals surface area contributed by atoms with E-state index in [2.05, 4.69) is 5.32 Å². The molecule has 6 nitrogen and oxygen atoms in total. The number of anilines is 1. The first kappa shape index (κ1) is 24.0. The number of hydrogen-bond acceptors (Lipinski definition) is 5. The molecular weight excluding hydrogens is 481 g/mol. The normalized spacial score (nSPS) is 26.9. The van der Waals surface area contributed by atoms with Crippen LogP contribution in [0.5, 0.6) is 0 Å². The summed E-state index contributed by atoms with van der Waals surface area (Å²) in [7, 11) is -3.96. The van der Waals surface area contributed by atoms with Crippen molar-refractivity contribution in [1.82, 2.24) is 0 Å². The Morgan fingerprint density at radius 3 is 2.24 bits per heavy atom. The van der Waals surface area contributed by atoms with Gasteiger partial charge in [-0.25, -0.2) is 21.6 Å². The Labute approximate surface area is 193 Å². The molecule has 178 valence electrons. The molecule has 11 heteroatoms. The SMILES string of the molecule is NCC1(O)C2CC[C@H]1CC(S(=O)(=O)c1cc(C(=O)Nc3cc(F)c(F)c(F)c3)ccc1Cl)C2. The molecule has 2 aromatic carbocycles. The molecular formula is C22H22ClF3N2O4S. The molecule has 0 heterocycles. The van der Waals surface area contributed by atoms with Crippen molar-refractivity contribution in [2.75, 3.05) is 11.9 Å². The molecule has 0 radical (unpaired) electrons. The van der Waals surface area contributed by atoms with Gasteiger partial charge in [0.2, 0.25) is 0 Å². The van der Waals surface area contributed by atoms with Crippen LogP contribution in [-0.2, 0) is 9.84 Å². The van der Waals surface area contributed by atoms with E-state index in [0.29, 0.717) is 25.0 Å². The molecule has 2 fully saturated rings. The molecule has 0 saturated heterocycles. The van der Waals surface area contributed by atoms with Gasteiger partial charge in [-0.15, -0.1) is 0 Å². The molecule has 2 bridgehead atoms. The first-order valence-electron chi connectivity index (χ1n) is 10.4. The number of carbonyl (C=O) groups is 1. The van der Waals surface area contributed by atoms with E-state index >= 15 is 0 Å². The van der Waals surface area contributed by atoms with Gasteiger partial charge in [0.25, 0.3) is 5.91 Å². The van der Waals surface area contributed by atoms with Crippen molar-refractivity contribution in [2.24, 2.45) is 17.6 Å². The zero-order valence-corrected chi connectivity index (χ0v) is 18.9. The molecule has 4 atom stereocenters. The number of aliphatic hydroxyl groups is 1. The number of fused-ring (bicyclic) bond motifs is 2. The van der Waals surface area contributed by atoms with Crippen molar-refractivity contribution in [2.45, 2.75) is 41.4 Å². The summed E-state index contributed by atoms with van der Waals surface area (Å²) < 4.78 is 66.8. The van der Waals surface area contributed by atoms with Crippen LogP contribution < -0.4 is 11.1 Å². The molecule has 0 aromatic heterocycles. The van der Waals surface area contributed by atoms with Crippen LogP contribution in [0.1, 0.15) is 36.0 Å². The zero-order chi connectivity index (χ0) is 24.1. The van der Waals surface area contributed by atoms with Gasteiger partial charge in [-0.2, -0.15) is 0 Å². The summed E-state index contributed by atoms with van der Waals surface area (Å²) in [5.41, 5.74) is 4.24. The second kappa shape index (κ2) is 8.57. The summed E-state index contributed by atoms with van der Waals surface area (Å²) >= 11 is 6.17. The molecule has 0 aliphatic heterocycles. The number of carbonyl (C=O) groups excluding carboxylic acids is 1. The van der Waals surface area contributed by atoms with Gasteiger partial charge in [-0.05, 0) is 55.7 Å². The average Bonchev–Trinajstić information content (AvgIpc) is 2.93. The van der Waals surface area contributed by atoms with Crippen molar-refractivity contribution < 1.29 is 31.5 Å². The van der Waals surface area contributed by atoms with Crippen molar-refractivity contribution in [3.63, 3.8) is 0 Å². The third-order valence-corrected chi connectivity index (χ3v) is 9.53. The highest BCUT2D eigenvalue weighted by molar-refractivity contribution is 7.92. The van der Waals surface area contributed by atoms with Crippen molar-refractivity contribution in [3.05, 3.63) is 58.4 Å². The number of halogens is 4. The predicted octanol–water partition coefficient (Wildman–Crippen LogP) is 3.66. The van der Waals surface area contributed by atoms with Gasteiger partial charge >= 0.3 is 0 Å². The van der Waals surface area contributed by atoms with Crippen LogP contribution in [-0.4, -0.2) is 36.8 Å². The third kappa shape index (κ3) is 4.14. The average molecular weight is 503 g/mol. The number of nitrogens with one attached hydrogen (secondary N) is 1. The topological polar surface area (TPSA) is 109 Å². The van der Waals surface area contributed by atoms with Crippen LogP contribution in [0.3, 0.4) is 0 Å². The lowest BCUT2D eigenvalue weighted by molar-refractivity contribution is -0.0498. The Kier molecular flexibility index (Phi) is 6.24. The molecule has 4 N–H and O–H groups in total. The number of sulfone groups is 1. The van der Waals surface area contributed by atoms with Crippen LogP contribution in [0.2, 0.25) is 5.02 Å². The smallest absolute Gasteiger partial charge is 0.255 e. The molecule has 2 saturated carbocycles. The van der Waals surface area contributed by atoms with Crippen LogP contribution >= 0.6 is 11.6 Å². The molecule has 3 unspecified atom stereocenters. The fraction of sp³-hybridized carbons (Fsp3) is 0.409. The van der Waals surface area contributed by atoms with E-state index in [0.717, 1.165) is 6.07 Å². The molecule has 2 aliphatic rings. The Hall–Kier alpha value is -2.14. The summed E-state index contributed by atoms with van der Waals surface area (Å²) in [6.07, 6.45) is 1.83. The highest BCUT2D eigenvalue weighted by Crippen LogP contribution is 2.51. The van der Waals surface area contributed by atoms with Gasteiger partial charge in [0.05, 0.1) is 20.8 Å². The largest absolute Gasteiger partial charge is 0.388 e. The van der Waals surface area contributed by atoms with E-state index in [4.69, 9.17) is 17.3 Å². The summed E-state index contributed by atoms with van der Waals surface area (Å²) in [6.45, 7) is 0.0656. The minimum atomic E-state index is -3.96. The highest BCUT2D eigenvalue weighted by atomic mass is 35.5. The van der Waals surface area contributed by atoms with E-state index in [-0.39, 0.29) is 52.4 Å². The van der Waals surface area contributed by atoms with E-state index in [1.807, 2.05) is 0 Å².